The first-order valence-corrected chi connectivity index (χ1v) is 5.49. The van der Waals surface area contributed by atoms with Crippen LogP contribution in [0.25, 0.3) is 0 Å². The highest BCUT2D eigenvalue weighted by molar-refractivity contribution is 5.34. The maximum atomic E-state index is 9.34. The van der Waals surface area contributed by atoms with Crippen molar-refractivity contribution in [2.45, 2.75) is 19.4 Å². The van der Waals surface area contributed by atoms with Gasteiger partial charge in [-0.3, -0.25) is 0 Å². The Bertz CT molecular complexity index is 353. The SMILES string of the molecule is CC(O)c1cnc(N2CC3CC3C2)nc1. The number of nitrogens with zero attached hydrogens (tertiary/aromatic N) is 3. The highest BCUT2D eigenvalue weighted by Crippen LogP contribution is 2.45. The lowest BCUT2D eigenvalue weighted by atomic mass is 10.2. The molecule has 2 fully saturated rings. The van der Waals surface area contributed by atoms with Crippen molar-refractivity contribution in [3.8, 4) is 0 Å². The van der Waals surface area contributed by atoms with Crippen LogP contribution in [0.2, 0.25) is 0 Å². The van der Waals surface area contributed by atoms with Crippen LogP contribution in [-0.2, 0) is 0 Å². The normalized spacial score (nSPS) is 30.1. The fraction of sp³-hybridized carbons (Fsp3) is 0.636. The van der Waals surface area contributed by atoms with Crippen LogP contribution in [0.15, 0.2) is 12.4 Å². The maximum Gasteiger partial charge on any atom is 0.225 e. The molecule has 1 saturated carbocycles. The van der Waals surface area contributed by atoms with Crippen molar-refractivity contribution < 1.29 is 5.11 Å². The number of fused-ring (bicyclic) bond motifs is 1. The Labute approximate surface area is 89.0 Å². The van der Waals surface area contributed by atoms with E-state index in [1.807, 2.05) is 0 Å². The minimum Gasteiger partial charge on any atom is -0.389 e. The fourth-order valence-corrected chi connectivity index (χ4v) is 2.27. The van der Waals surface area contributed by atoms with Gasteiger partial charge in [0.15, 0.2) is 0 Å². The minimum absolute atomic E-state index is 0.481. The number of rotatable bonds is 2. The van der Waals surface area contributed by atoms with Crippen molar-refractivity contribution in [2.75, 3.05) is 18.0 Å². The Morgan fingerprint density at radius 3 is 2.47 bits per heavy atom. The molecule has 1 N–H and O–H groups in total. The van der Waals surface area contributed by atoms with E-state index in [9.17, 15) is 5.11 Å². The lowest BCUT2D eigenvalue weighted by molar-refractivity contribution is 0.198. The zero-order valence-corrected chi connectivity index (χ0v) is 8.80. The van der Waals surface area contributed by atoms with Gasteiger partial charge in [-0.15, -0.1) is 0 Å². The third-order valence-electron chi connectivity index (χ3n) is 3.40. The highest BCUT2D eigenvalue weighted by Gasteiger charge is 2.45. The third-order valence-corrected chi connectivity index (χ3v) is 3.40. The summed E-state index contributed by atoms with van der Waals surface area (Å²) in [5, 5.41) is 9.34. The summed E-state index contributed by atoms with van der Waals surface area (Å²) in [6.07, 6.45) is 4.35. The van der Waals surface area contributed by atoms with E-state index >= 15 is 0 Å². The lowest BCUT2D eigenvalue weighted by Crippen LogP contribution is -2.24. The van der Waals surface area contributed by atoms with Crippen LogP contribution in [0.5, 0.6) is 0 Å². The first-order chi connectivity index (χ1) is 7.24. The standard InChI is InChI=1S/C11H15N3O/c1-7(15)10-3-12-11(13-4-10)14-5-8-2-9(8)6-14/h3-4,7-9,15H,2,5-6H2,1H3. The van der Waals surface area contributed by atoms with Gasteiger partial charge in [-0.1, -0.05) is 0 Å². The van der Waals surface area contributed by atoms with Crippen molar-refractivity contribution in [1.82, 2.24) is 9.97 Å². The Morgan fingerprint density at radius 1 is 1.33 bits per heavy atom. The molecule has 1 aliphatic heterocycles. The van der Waals surface area contributed by atoms with Gasteiger partial charge in [-0.25, -0.2) is 9.97 Å². The molecule has 0 spiro atoms. The van der Waals surface area contributed by atoms with Gasteiger partial charge in [0.2, 0.25) is 5.95 Å². The number of piperidine rings is 1. The summed E-state index contributed by atoms with van der Waals surface area (Å²) in [6, 6.07) is 0. The Kier molecular flexibility index (Phi) is 1.92. The summed E-state index contributed by atoms with van der Waals surface area (Å²) in [7, 11) is 0. The van der Waals surface area contributed by atoms with E-state index < -0.39 is 6.10 Å². The predicted octanol–water partition coefficient (Wildman–Crippen LogP) is 0.986. The zero-order chi connectivity index (χ0) is 10.4. The van der Waals surface area contributed by atoms with Gasteiger partial charge in [-0.05, 0) is 25.2 Å². The molecule has 0 bridgehead atoms. The van der Waals surface area contributed by atoms with E-state index in [0.717, 1.165) is 36.4 Å². The Hall–Kier alpha value is -1.16. The molecule has 2 heterocycles. The number of aliphatic hydroxyl groups is 1. The van der Waals surface area contributed by atoms with Gasteiger partial charge in [-0.2, -0.15) is 0 Å². The van der Waals surface area contributed by atoms with E-state index in [1.54, 1.807) is 19.3 Å². The number of hydrogen-bond donors (Lipinski definition) is 1. The van der Waals surface area contributed by atoms with Crippen molar-refractivity contribution in [1.29, 1.82) is 0 Å². The molecule has 1 aromatic rings. The zero-order valence-electron chi connectivity index (χ0n) is 8.80. The Morgan fingerprint density at radius 2 is 1.93 bits per heavy atom. The molecule has 0 aromatic carbocycles. The second-order valence-electron chi connectivity index (χ2n) is 4.65. The van der Waals surface area contributed by atoms with E-state index in [2.05, 4.69) is 14.9 Å². The van der Waals surface area contributed by atoms with E-state index in [1.165, 1.54) is 6.42 Å². The van der Waals surface area contributed by atoms with Gasteiger partial charge in [0.05, 0.1) is 6.10 Å². The number of hydrogen-bond acceptors (Lipinski definition) is 4. The van der Waals surface area contributed by atoms with Crippen molar-refractivity contribution in [3.63, 3.8) is 0 Å². The van der Waals surface area contributed by atoms with Gasteiger partial charge in [0.1, 0.15) is 0 Å². The fourth-order valence-electron chi connectivity index (χ4n) is 2.27. The summed E-state index contributed by atoms with van der Waals surface area (Å²) in [5.74, 6) is 2.60. The summed E-state index contributed by atoms with van der Waals surface area (Å²) in [5.41, 5.74) is 0.781. The molecule has 4 nitrogen and oxygen atoms in total. The summed E-state index contributed by atoms with van der Waals surface area (Å²) >= 11 is 0. The molecule has 3 unspecified atom stereocenters. The molecule has 1 aliphatic carbocycles. The van der Waals surface area contributed by atoms with Gasteiger partial charge in [0, 0.05) is 31.0 Å². The highest BCUT2D eigenvalue weighted by atomic mass is 16.3. The van der Waals surface area contributed by atoms with Gasteiger partial charge >= 0.3 is 0 Å². The molecule has 1 saturated heterocycles. The van der Waals surface area contributed by atoms with Crippen LogP contribution < -0.4 is 4.90 Å². The minimum atomic E-state index is -0.481. The largest absolute Gasteiger partial charge is 0.389 e. The van der Waals surface area contributed by atoms with Crippen LogP contribution in [0, 0.1) is 11.8 Å². The first kappa shape index (κ1) is 9.09. The van der Waals surface area contributed by atoms with Crippen molar-refractivity contribution in [2.24, 2.45) is 11.8 Å². The van der Waals surface area contributed by atoms with E-state index in [0.29, 0.717) is 0 Å². The van der Waals surface area contributed by atoms with E-state index in [4.69, 9.17) is 0 Å². The molecule has 1 aromatic heterocycles. The van der Waals surface area contributed by atoms with E-state index in [-0.39, 0.29) is 0 Å². The molecule has 0 radical (unpaired) electrons. The topological polar surface area (TPSA) is 49.3 Å². The van der Waals surface area contributed by atoms with Crippen LogP contribution in [0.3, 0.4) is 0 Å². The van der Waals surface area contributed by atoms with Crippen LogP contribution in [-0.4, -0.2) is 28.2 Å². The van der Waals surface area contributed by atoms with Crippen molar-refractivity contribution >= 4 is 5.95 Å². The molecule has 3 atom stereocenters. The molecule has 2 aliphatic rings. The molecule has 80 valence electrons. The Balaban J connectivity index is 1.75. The second-order valence-corrected chi connectivity index (χ2v) is 4.65. The lowest BCUT2D eigenvalue weighted by Gasteiger charge is -2.17. The summed E-state index contributed by atoms with van der Waals surface area (Å²) < 4.78 is 0. The van der Waals surface area contributed by atoms with Crippen LogP contribution in [0.4, 0.5) is 5.95 Å². The third kappa shape index (κ3) is 1.59. The summed E-state index contributed by atoms with van der Waals surface area (Å²) in [6.45, 7) is 3.95. The predicted molar refractivity (Wildman–Crippen MR) is 56.5 cm³/mol. The van der Waals surface area contributed by atoms with Crippen LogP contribution >= 0.6 is 0 Å². The molecular formula is C11H15N3O. The first-order valence-electron chi connectivity index (χ1n) is 5.49. The molecule has 3 rings (SSSR count). The monoisotopic (exact) mass is 205 g/mol. The molecule has 15 heavy (non-hydrogen) atoms. The average molecular weight is 205 g/mol. The quantitative estimate of drug-likeness (QED) is 0.782. The average Bonchev–Trinajstić information content (AvgIpc) is 2.86. The van der Waals surface area contributed by atoms with Crippen LogP contribution in [0.1, 0.15) is 25.0 Å². The molecule has 0 amide bonds. The molecule has 4 heteroatoms. The maximum absolute atomic E-state index is 9.34. The van der Waals surface area contributed by atoms with Gasteiger partial charge < -0.3 is 10.0 Å². The van der Waals surface area contributed by atoms with Gasteiger partial charge in [0.25, 0.3) is 0 Å². The second kappa shape index (κ2) is 3.17. The number of anilines is 1. The number of aliphatic hydroxyl groups excluding tert-OH is 1. The van der Waals surface area contributed by atoms with Crippen molar-refractivity contribution in [3.05, 3.63) is 18.0 Å². The molecular weight excluding hydrogens is 190 g/mol. The summed E-state index contributed by atoms with van der Waals surface area (Å²) in [4.78, 5) is 10.8. The smallest absolute Gasteiger partial charge is 0.225 e. The number of aromatic nitrogens is 2.